The molecule has 156 valence electrons. The minimum Gasteiger partial charge on any atom is -0.366 e. The number of benzene rings is 1. The van der Waals surface area contributed by atoms with Gasteiger partial charge in [0.1, 0.15) is 6.61 Å². The molecule has 4 amide bonds. The summed E-state index contributed by atoms with van der Waals surface area (Å²) in [7, 11) is 0. The van der Waals surface area contributed by atoms with Crippen molar-refractivity contribution < 1.29 is 19.1 Å². The third-order valence-electron chi connectivity index (χ3n) is 6.04. The first-order valence-electron chi connectivity index (χ1n) is 10.4. The topological polar surface area (TPSA) is 91.0 Å². The zero-order valence-electron chi connectivity index (χ0n) is 16.5. The molecular formula is C21H28N4O4. The predicted octanol–water partition coefficient (Wildman–Crippen LogP) is 0.724. The summed E-state index contributed by atoms with van der Waals surface area (Å²) in [5, 5.41) is 5.93. The van der Waals surface area contributed by atoms with Gasteiger partial charge in [0.05, 0.1) is 12.1 Å². The number of ether oxygens (including phenoxy) is 1. The Morgan fingerprint density at radius 1 is 1.07 bits per heavy atom. The van der Waals surface area contributed by atoms with E-state index in [9.17, 15) is 14.4 Å². The Balaban J connectivity index is 1.23. The van der Waals surface area contributed by atoms with Gasteiger partial charge in [0.25, 0.3) is 0 Å². The highest BCUT2D eigenvalue weighted by Crippen LogP contribution is 2.22. The van der Waals surface area contributed by atoms with E-state index in [1.54, 1.807) is 4.90 Å². The maximum Gasteiger partial charge on any atom is 0.320 e. The standard InChI is InChI=1S/C21H28N4O4/c26-19-14-29-18-8-11-25(13-17(18)23-19)21(28)24-9-6-16(7-10-24)20(27)22-12-15-4-2-1-3-5-15/h1-5,16-18H,6-14H2,(H,22,27)(H,23,26)/t17-,18?/m1/s1. The number of morpholine rings is 1. The van der Waals surface area contributed by atoms with Gasteiger partial charge in [0.15, 0.2) is 0 Å². The number of nitrogens with one attached hydrogen (secondary N) is 2. The van der Waals surface area contributed by atoms with Crippen LogP contribution in [0.4, 0.5) is 4.79 Å². The lowest BCUT2D eigenvalue weighted by Gasteiger charge is -2.43. The van der Waals surface area contributed by atoms with E-state index in [-0.39, 0.29) is 42.5 Å². The minimum atomic E-state index is -0.129. The molecule has 4 rings (SSSR count). The molecule has 0 aliphatic carbocycles. The van der Waals surface area contributed by atoms with Gasteiger partial charge in [0.2, 0.25) is 11.8 Å². The van der Waals surface area contributed by atoms with Gasteiger partial charge in [0, 0.05) is 38.6 Å². The quantitative estimate of drug-likeness (QED) is 0.782. The van der Waals surface area contributed by atoms with Gasteiger partial charge in [-0.15, -0.1) is 0 Å². The first-order chi connectivity index (χ1) is 14.1. The van der Waals surface area contributed by atoms with Crippen LogP contribution in [0, 0.1) is 5.92 Å². The normalized spacial score (nSPS) is 25.2. The summed E-state index contributed by atoms with van der Waals surface area (Å²) >= 11 is 0. The molecule has 3 aliphatic rings. The molecule has 0 radical (unpaired) electrons. The first-order valence-corrected chi connectivity index (χ1v) is 10.4. The summed E-state index contributed by atoms with van der Waals surface area (Å²) in [6, 6.07) is 9.71. The molecule has 0 spiro atoms. The molecule has 3 aliphatic heterocycles. The van der Waals surface area contributed by atoms with Crippen molar-refractivity contribution in [2.45, 2.75) is 38.0 Å². The number of nitrogens with zero attached hydrogens (tertiary/aromatic N) is 2. The summed E-state index contributed by atoms with van der Waals surface area (Å²) in [5.41, 5.74) is 1.08. The number of hydrogen-bond donors (Lipinski definition) is 2. The number of rotatable bonds is 3. The monoisotopic (exact) mass is 400 g/mol. The Kier molecular flexibility index (Phi) is 5.99. The van der Waals surface area contributed by atoms with Crippen molar-refractivity contribution in [1.82, 2.24) is 20.4 Å². The summed E-state index contributed by atoms with van der Waals surface area (Å²) in [4.78, 5) is 40.5. The van der Waals surface area contributed by atoms with E-state index in [1.807, 2.05) is 35.2 Å². The lowest BCUT2D eigenvalue weighted by molar-refractivity contribution is -0.139. The van der Waals surface area contributed by atoms with Crippen LogP contribution in [0.3, 0.4) is 0 Å². The molecule has 2 atom stereocenters. The largest absolute Gasteiger partial charge is 0.366 e. The van der Waals surface area contributed by atoms with Crippen molar-refractivity contribution >= 4 is 17.8 Å². The molecule has 3 heterocycles. The molecule has 8 heteroatoms. The van der Waals surface area contributed by atoms with Crippen LogP contribution in [0.2, 0.25) is 0 Å². The van der Waals surface area contributed by atoms with E-state index < -0.39 is 0 Å². The molecule has 29 heavy (non-hydrogen) atoms. The fourth-order valence-corrected chi connectivity index (χ4v) is 4.34. The highest BCUT2D eigenvalue weighted by Gasteiger charge is 2.38. The zero-order valence-corrected chi connectivity index (χ0v) is 16.5. The van der Waals surface area contributed by atoms with Crippen molar-refractivity contribution in [1.29, 1.82) is 0 Å². The van der Waals surface area contributed by atoms with Gasteiger partial charge >= 0.3 is 6.03 Å². The van der Waals surface area contributed by atoms with Crippen molar-refractivity contribution in [2.75, 3.05) is 32.8 Å². The Hall–Kier alpha value is -2.61. The van der Waals surface area contributed by atoms with E-state index >= 15 is 0 Å². The molecule has 0 saturated carbocycles. The molecular weight excluding hydrogens is 372 g/mol. The van der Waals surface area contributed by atoms with Gasteiger partial charge in [-0.05, 0) is 24.8 Å². The Morgan fingerprint density at radius 2 is 1.79 bits per heavy atom. The number of urea groups is 1. The van der Waals surface area contributed by atoms with Crippen molar-refractivity contribution in [2.24, 2.45) is 5.92 Å². The van der Waals surface area contributed by atoms with Gasteiger partial charge in [-0.2, -0.15) is 0 Å². The zero-order chi connectivity index (χ0) is 20.2. The molecule has 2 N–H and O–H groups in total. The van der Waals surface area contributed by atoms with Crippen LogP contribution in [-0.4, -0.2) is 72.6 Å². The van der Waals surface area contributed by atoms with Gasteiger partial charge in [-0.25, -0.2) is 4.79 Å². The summed E-state index contributed by atoms with van der Waals surface area (Å²) in [5.74, 6) is -0.119. The number of carbonyl (C=O) groups is 3. The van der Waals surface area contributed by atoms with Gasteiger partial charge < -0.3 is 25.2 Å². The van der Waals surface area contributed by atoms with Crippen molar-refractivity contribution in [3.05, 3.63) is 35.9 Å². The van der Waals surface area contributed by atoms with E-state index in [1.165, 1.54) is 0 Å². The molecule has 3 fully saturated rings. The Labute approximate surface area is 170 Å². The van der Waals surface area contributed by atoms with Crippen LogP contribution in [0.25, 0.3) is 0 Å². The van der Waals surface area contributed by atoms with Gasteiger partial charge in [-0.1, -0.05) is 30.3 Å². The van der Waals surface area contributed by atoms with Crippen molar-refractivity contribution in [3.8, 4) is 0 Å². The highest BCUT2D eigenvalue weighted by molar-refractivity contribution is 5.80. The number of carbonyl (C=O) groups excluding carboxylic acids is 3. The van der Waals surface area contributed by atoms with Crippen LogP contribution in [0.5, 0.6) is 0 Å². The Bertz CT molecular complexity index is 748. The Morgan fingerprint density at radius 3 is 2.55 bits per heavy atom. The molecule has 0 aromatic heterocycles. The van der Waals surface area contributed by atoms with Crippen LogP contribution in [-0.2, 0) is 20.9 Å². The van der Waals surface area contributed by atoms with Crippen LogP contribution in [0.15, 0.2) is 30.3 Å². The lowest BCUT2D eigenvalue weighted by Crippen LogP contribution is -2.62. The highest BCUT2D eigenvalue weighted by atomic mass is 16.5. The SMILES string of the molecule is O=C1COC2CCN(C(=O)N3CCC(C(=O)NCc4ccccc4)CC3)C[C@H]2N1. The number of piperidine rings is 2. The molecule has 1 unspecified atom stereocenters. The molecule has 0 bridgehead atoms. The van der Waals surface area contributed by atoms with Crippen LogP contribution in [0.1, 0.15) is 24.8 Å². The second-order valence-corrected chi connectivity index (χ2v) is 8.01. The molecule has 1 aromatic rings. The summed E-state index contributed by atoms with van der Waals surface area (Å²) in [6.07, 6.45) is 2.07. The first kappa shape index (κ1) is 19.7. The fraction of sp³-hybridized carbons (Fsp3) is 0.571. The van der Waals surface area contributed by atoms with E-state index in [4.69, 9.17) is 4.74 Å². The van der Waals surface area contributed by atoms with E-state index in [0.717, 1.165) is 12.0 Å². The van der Waals surface area contributed by atoms with E-state index in [0.29, 0.717) is 45.6 Å². The third-order valence-corrected chi connectivity index (χ3v) is 6.04. The number of hydrogen-bond acceptors (Lipinski definition) is 4. The number of likely N-dealkylation sites (tertiary alicyclic amines) is 2. The average Bonchev–Trinajstić information content (AvgIpc) is 2.77. The predicted molar refractivity (Wildman–Crippen MR) is 106 cm³/mol. The molecule has 8 nitrogen and oxygen atoms in total. The summed E-state index contributed by atoms with van der Waals surface area (Å²) in [6.45, 7) is 2.91. The number of amides is 4. The van der Waals surface area contributed by atoms with Crippen molar-refractivity contribution in [3.63, 3.8) is 0 Å². The molecule has 3 saturated heterocycles. The van der Waals surface area contributed by atoms with Crippen LogP contribution < -0.4 is 10.6 Å². The number of fused-ring (bicyclic) bond motifs is 1. The van der Waals surface area contributed by atoms with E-state index in [2.05, 4.69) is 10.6 Å². The van der Waals surface area contributed by atoms with Gasteiger partial charge in [-0.3, -0.25) is 9.59 Å². The average molecular weight is 400 g/mol. The van der Waals surface area contributed by atoms with Crippen LogP contribution >= 0.6 is 0 Å². The molecule has 1 aromatic carbocycles. The smallest absolute Gasteiger partial charge is 0.320 e. The second kappa shape index (κ2) is 8.82. The second-order valence-electron chi connectivity index (χ2n) is 8.01. The third kappa shape index (κ3) is 4.70. The summed E-state index contributed by atoms with van der Waals surface area (Å²) < 4.78 is 5.55. The lowest BCUT2D eigenvalue weighted by atomic mass is 9.95. The fourth-order valence-electron chi connectivity index (χ4n) is 4.34. The minimum absolute atomic E-state index is 0.00389. The maximum atomic E-state index is 12.9. The maximum absolute atomic E-state index is 12.9.